The second-order valence-corrected chi connectivity index (χ2v) is 9.38. The number of halogens is 3. The highest BCUT2D eigenvalue weighted by Crippen LogP contribution is 2.33. The van der Waals surface area contributed by atoms with Crippen molar-refractivity contribution in [3.8, 4) is 0 Å². The molecule has 0 N–H and O–H groups in total. The molecule has 25 heavy (non-hydrogen) atoms. The average molecular weight is 523 g/mol. The molecule has 0 radical (unpaired) electrons. The molecule has 2 aromatic rings. The Morgan fingerprint density at radius 2 is 1.96 bits per heavy atom. The monoisotopic (exact) mass is 522 g/mol. The number of rotatable bonds is 1. The number of piperidine rings is 1. The highest BCUT2D eigenvalue weighted by molar-refractivity contribution is 14.1. The summed E-state index contributed by atoms with van der Waals surface area (Å²) in [5.41, 5.74) is 0.423. The Kier molecular flexibility index (Phi) is 5.35. The summed E-state index contributed by atoms with van der Waals surface area (Å²) in [5.74, 6) is -0.255. The van der Waals surface area contributed by atoms with Crippen molar-refractivity contribution >= 4 is 55.5 Å². The second kappa shape index (κ2) is 7.06. The van der Waals surface area contributed by atoms with E-state index in [2.05, 4.69) is 49.3 Å². The molecule has 0 unspecified atom stereocenters. The molecule has 136 valence electrons. The fraction of sp³-hybridized carbons (Fsp3) is 0.500. The van der Waals surface area contributed by atoms with E-state index in [-0.39, 0.29) is 18.0 Å². The van der Waals surface area contributed by atoms with Gasteiger partial charge in [0, 0.05) is 34.3 Å². The second-order valence-electron chi connectivity index (χ2n) is 7.37. The van der Waals surface area contributed by atoms with Gasteiger partial charge in [0.1, 0.15) is 11.4 Å². The molecule has 7 heteroatoms. The Labute approximate surface area is 169 Å². The SMILES string of the molecule is CC(C)(C)OC(=O)N1CCC(n2cc(I)c3cc(Br)c(F)cc32)CC1. The maximum atomic E-state index is 14.0. The van der Waals surface area contributed by atoms with Gasteiger partial charge in [-0.15, -0.1) is 0 Å². The maximum absolute atomic E-state index is 14.0. The first-order chi connectivity index (χ1) is 11.7. The van der Waals surface area contributed by atoms with E-state index in [0.29, 0.717) is 17.6 Å². The summed E-state index contributed by atoms with van der Waals surface area (Å²) in [4.78, 5) is 14.0. The van der Waals surface area contributed by atoms with E-state index in [9.17, 15) is 9.18 Å². The minimum atomic E-state index is -0.481. The molecule has 1 aromatic carbocycles. The van der Waals surface area contributed by atoms with Crippen LogP contribution in [0.3, 0.4) is 0 Å². The third-order valence-electron chi connectivity index (χ3n) is 4.34. The molecule has 1 fully saturated rings. The van der Waals surface area contributed by atoms with Gasteiger partial charge >= 0.3 is 6.09 Å². The lowest BCUT2D eigenvalue weighted by molar-refractivity contribution is 0.0189. The lowest BCUT2D eigenvalue weighted by Gasteiger charge is -2.34. The van der Waals surface area contributed by atoms with Crippen LogP contribution < -0.4 is 0 Å². The average Bonchev–Trinajstić information content (AvgIpc) is 2.83. The molecular weight excluding hydrogens is 502 g/mol. The number of aromatic nitrogens is 1. The zero-order valence-corrected chi connectivity index (χ0v) is 18.2. The molecule has 3 rings (SSSR count). The van der Waals surface area contributed by atoms with Crippen molar-refractivity contribution in [2.45, 2.75) is 45.3 Å². The Morgan fingerprint density at radius 1 is 1.32 bits per heavy atom. The van der Waals surface area contributed by atoms with E-state index in [1.807, 2.05) is 26.8 Å². The van der Waals surface area contributed by atoms with Crippen LogP contribution in [0.4, 0.5) is 9.18 Å². The molecule has 1 aliphatic heterocycles. The Hall–Kier alpha value is -0.830. The van der Waals surface area contributed by atoms with Gasteiger partial charge in [-0.25, -0.2) is 9.18 Å². The minimum Gasteiger partial charge on any atom is -0.444 e. The molecule has 0 atom stereocenters. The first kappa shape index (κ1) is 18.9. The molecule has 0 aliphatic carbocycles. The van der Waals surface area contributed by atoms with Crippen LogP contribution in [0.2, 0.25) is 0 Å². The van der Waals surface area contributed by atoms with E-state index in [0.717, 1.165) is 27.3 Å². The van der Waals surface area contributed by atoms with E-state index in [1.165, 1.54) is 0 Å². The van der Waals surface area contributed by atoms with Crippen LogP contribution in [-0.4, -0.2) is 34.3 Å². The van der Waals surface area contributed by atoms with Gasteiger partial charge in [0.2, 0.25) is 0 Å². The number of amides is 1. The smallest absolute Gasteiger partial charge is 0.410 e. The van der Waals surface area contributed by atoms with Crippen molar-refractivity contribution < 1.29 is 13.9 Å². The molecule has 0 saturated carbocycles. The topological polar surface area (TPSA) is 34.5 Å². The molecule has 2 heterocycles. The van der Waals surface area contributed by atoms with Crippen LogP contribution >= 0.6 is 38.5 Å². The summed E-state index contributed by atoms with van der Waals surface area (Å²) in [6.07, 6.45) is 3.48. The van der Waals surface area contributed by atoms with Crippen LogP contribution in [0.1, 0.15) is 39.7 Å². The summed E-state index contributed by atoms with van der Waals surface area (Å²) < 4.78 is 23.2. The van der Waals surface area contributed by atoms with E-state index < -0.39 is 5.60 Å². The van der Waals surface area contributed by atoms with E-state index in [4.69, 9.17) is 4.74 Å². The standard InChI is InChI=1S/C18H21BrFIN2O2/c1-18(2,3)25-17(24)22-6-4-11(5-7-22)23-10-15(21)12-8-13(19)14(20)9-16(12)23/h8-11H,4-7H2,1-3H3. The quantitative estimate of drug-likeness (QED) is 0.449. The summed E-state index contributed by atoms with van der Waals surface area (Å²) in [6.45, 7) is 6.92. The van der Waals surface area contributed by atoms with Gasteiger partial charge in [0.25, 0.3) is 0 Å². The van der Waals surface area contributed by atoms with Gasteiger partial charge in [0.05, 0.1) is 9.99 Å². The third-order valence-corrected chi connectivity index (χ3v) is 5.80. The summed E-state index contributed by atoms with van der Waals surface area (Å²) in [5, 5.41) is 1.04. The van der Waals surface area contributed by atoms with E-state index >= 15 is 0 Å². The number of ether oxygens (including phenoxy) is 1. The largest absolute Gasteiger partial charge is 0.444 e. The number of fused-ring (bicyclic) bond motifs is 1. The van der Waals surface area contributed by atoms with Crippen molar-refractivity contribution in [3.63, 3.8) is 0 Å². The first-order valence-corrected chi connectivity index (χ1v) is 10.2. The number of carbonyl (C=O) groups excluding carboxylic acids is 1. The van der Waals surface area contributed by atoms with Crippen molar-refractivity contribution in [2.75, 3.05) is 13.1 Å². The van der Waals surface area contributed by atoms with Gasteiger partial charge in [-0.3, -0.25) is 0 Å². The van der Waals surface area contributed by atoms with Gasteiger partial charge in [-0.05, 0) is 84.3 Å². The molecule has 1 aromatic heterocycles. The van der Waals surface area contributed by atoms with Crippen LogP contribution in [-0.2, 0) is 4.74 Å². The van der Waals surface area contributed by atoms with Crippen molar-refractivity contribution in [3.05, 3.63) is 32.2 Å². The molecule has 1 aliphatic rings. The summed E-state index contributed by atoms with van der Waals surface area (Å²) >= 11 is 5.54. The third kappa shape index (κ3) is 4.13. The first-order valence-electron chi connectivity index (χ1n) is 8.29. The normalized spacial score (nSPS) is 16.5. The molecule has 0 spiro atoms. The van der Waals surface area contributed by atoms with Gasteiger partial charge in [0.15, 0.2) is 0 Å². The van der Waals surface area contributed by atoms with Crippen LogP contribution in [0, 0.1) is 9.39 Å². The van der Waals surface area contributed by atoms with Gasteiger partial charge < -0.3 is 14.2 Å². The fourth-order valence-electron chi connectivity index (χ4n) is 3.16. The zero-order valence-electron chi connectivity index (χ0n) is 14.5. The van der Waals surface area contributed by atoms with Crippen LogP contribution in [0.15, 0.2) is 22.8 Å². The zero-order chi connectivity index (χ0) is 18.4. The maximum Gasteiger partial charge on any atom is 0.410 e. The Balaban J connectivity index is 1.76. The lowest BCUT2D eigenvalue weighted by Crippen LogP contribution is -2.42. The molecule has 0 bridgehead atoms. The molecule has 1 saturated heterocycles. The number of hydrogen-bond acceptors (Lipinski definition) is 2. The van der Waals surface area contributed by atoms with Crippen LogP contribution in [0.5, 0.6) is 0 Å². The predicted octanol–water partition coefficient (Wildman–Crippen LogP) is 5.72. The number of likely N-dealkylation sites (tertiary alicyclic amines) is 1. The van der Waals surface area contributed by atoms with Crippen molar-refractivity contribution in [2.24, 2.45) is 0 Å². The van der Waals surface area contributed by atoms with Gasteiger partial charge in [-0.2, -0.15) is 0 Å². The number of benzene rings is 1. The van der Waals surface area contributed by atoms with Crippen molar-refractivity contribution in [1.29, 1.82) is 0 Å². The Morgan fingerprint density at radius 3 is 2.56 bits per heavy atom. The lowest BCUT2D eigenvalue weighted by atomic mass is 10.0. The summed E-state index contributed by atoms with van der Waals surface area (Å²) in [7, 11) is 0. The van der Waals surface area contributed by atoms with Crippen molar-refractivity contribution in [1.82, 2.24) is 9.47 Å². The minimum absolute atomic E-state index is 0.255. The van der Waals surface area contributed by atoms with Crippen LogP contribution in [0.25, 0.3) is 10.9 Å². The number of nitrogens with zero attached hydrogens (tertiary/aromatic N) is 2. The number of carbonyl (C=O) groups is 1. The fourth-order valence-corrected chi connectivity index (χ4v) is 4.23. The molecule has 1 amide bonds. The molecule has 4 nitrogen and oxygen atoms in total. The predicted molar refractivity (Wildman–Crippen MR) is 108 cm³/mol. The summed E-state index contributed by atoms with van der Waals surface area (Å²) in [6, 6.07) is 3.67. The highest BCUT2D eigenvalue weighted by atomic mass is 127. The number of hydrogen-bond donors (Lipinski definition) is 0. The highest BCUT2D eigenvalue weighted by Gasteiger charge is 2.28. The van der Waals surface area contributed by atoms with E-state index in [1.54, 1.807) is 11.0 Å². The molecular formula is C18H21BrFIN2O2. The van der Waals surface area contributed by atoms with Gasteiger partial charge in [-0.1, -0.05) is 0 Å². The Bertz CT molecular complexity index is 807.